The molecule has 0 rings (SSSR count). The topological polar surface area (TPSA) is 237 Å². The monoisotopic (exact) mass is 890 g/mol. The van der Waals surface area contributed by atoms with E-state index in [4.69, 9.17) is 37.0 Å². The lowest BCUT2D eigenvalue weighted by Gasteiger charge is -2.21. The first-order valence-electron chi connectivity index (χ1n) is 21.8. The van der Waals surface area contributed by atoms with Crippen LogP contribution in [-0.2, 0) is 65.4 Å². The first kappa shape index (κ1) is 57.1. The molecule has 0 radical (unpaired) electrons. The summed E-state index contributed by atoms with van der Waals surface area (Å²) in [4.78, 5) is 69.7. The molecule has 5 atom stereocenters. The number of esters is 4. The predicted molar refractivity (Wildman–Crippen MR) is 220 cm³/mol. The molecule has 0 fully saturated rings. The Kier molecular flexibility index (Phi) is 35.5. The Hall–Kier alpha value is -1.94. The van der Waals surface area contributed by atoms with Gasteiger partial charge in [0.25, 0.3) is 0 Å². The maximum absolute atomic E-state index is 12.6. The minimum atomic E-state index is -4.90. The smallest absolute Gasteiger partial charge is 0.462 e. The van der Waals surface area contributed by atoms with Crippen molar-refractivity contribution in [2.24, 2.45) is 0 Å². The molecule has 3 N–H and O–H groups in total. The van der Waals surface area contributed by atoms with Crippen LogP contribution >= 0.6 is 15.6 Å². The number of phosphoric ester groups is 2. The predicted octanol–water partition coefficient (Wildman–Crippen LogP) is 8.58. The molecule has 0 aromatic rings. The highest BCUT2D eigenvalue weighted by molar-refractivity contribution is 7.47. The molecule has 0 aromatic heterocycles. The van der Waals surface area contributed by atoms with Gasteiger partial charge < -0.3 is 33.8 Å². The minimum Gasteiger partial charge on any atom is -0.462 e. The molecule has 0 aromatic carbocycles. The molecule has 0 saturated carbocycles. The Bertz CT molecular complexity index is 1200. The number of phosphoric acid groups is 2. The average molecular weight is 891 g/mol. The van der Waals surface area contributed by atoms with Gasteiger partial charge in [0.15, 0.2) is 12.2 Å². The SMILES string of the molecule is CCCCCCCCCCC(=O)OC[C@H](COP(=O)(O)OC[C@H](O)COP(=O)(O)OC[C@@H](COC(=O)CCCCCC)OC(=O)CCCCCCC)OC(=O)CCCC. The summed E-state index contributed by atoms with van der Waals surface area (Å²) in [5, 5.41) is 10.3. The van der Waals surface area contributed by atoms with Crippen molar-refractivity contribution in [1.82, 2.24) is 0 Å². The van der Waals surface area contributed by atoms with E-state index in [9.17, 15) is 43.2 Å². The molecule has 0 bridgehead atoms. The van der Waals surface area contributed by atoms with Crippen LogP contribution in [0.25, 0.3) is 0 Å². The fourth-order valence-electron chi connectivity index (χ4n) is 5.37. The van der Waals surface area contributed by atoms with Gasteiger partial charge in [-0.25, -0.2) is 9.13 Å². The summed E-state index contributed by atoms with van der Waals surface area (Å²) in [6.45, 7) is 4.17. The van der Waals surface area contributed by atoms with E-state index >= 15 is 0 Å². The highest BCUT2D eigenvalue weighted by atomic mass is 31.2. The van der Waals surface area contributed by atoms with Gasteiger partial charge in [-0.2, -0.15) is 0 Å². The van der Waals surface area contributed by atoms with E-state index in [0.29, 0.717) is 25.7 Å². The van der Waals surface area contributed by atoms with Gasteiger partial charge in [0, 0.05) is 25.7 Å². The normalized spacial score (nSPS) is 15.0. The molecule has 2 unspecified atom stereocenters. The highest BCUT2D eigenvalue weighted by Gasteiger charge is 2.30. The standard InChI is InChI=1S/C40H76O17P2/c1-5-9-13-16-17-18-20-22-26-38(43)51-30-35(56-39(44)24-12-8-4)32-54-58(46,47)52-28-34(41)29-53-59(48,49)55-33-36(31-50-37(42)25-21-15-11-7-3)57-40(45)27-23-19-14-10-6-2/h34-36,41H,5-33H2,1-4H3,(H,46,47)(H,48,49)/t34-,35+,36+/m0/s1. The number of aliphatic hydroxyl groups is 1. The van der Waals surface area contributed by atoms with Crippen molar-refractivity contribution >= 4 is 39.5 Å². The van der Waals surface area contributed by atoms with E-state index in [0.717, 1.165) is 77.0 Å². The van der Waals surface area contributed by atoms with Crippen LogP contribution in [0.5, 0.6) is 0 Å². The molecule has 0 heterocycles. The number of hydrogen-bond donors (Lipinski definition) is 3. The van der Waals surface area contributed by atoms with E-state index in [1.54, 1.807) is 0 Å². The second-order valence-electron chi connectivity index (χ2n) is 14.7. The molecule has 19 heteroatoms. The zero-order valence-corrected chi connectivity index (χ0v) is 38.0. The van der Waals surface area contributed by atoms with Gasteiger partial charge >= 0.3 is 39.5 Å². The van der Waals surface area contributed by atoms with Gasteiger partial charge in [0.1, 0.15) is 19.3 Å². The van der Waals surface area contributed by atoms with Crippen molar-refractivity contribution in [1.29, 1.82) is 0 Å². The third kappa shape index (κ3) is 36.4. The van der Waals surface area contributed by atoms with Crippen LogP contribution in [0.15, 0.2) is 0 Å². The first-order chi connectivity index (χ1) is 28.2. The lowest BCUT2D eigenvalue weighted by Crippen LogP contribution is -2.30. The van der Waals surface area contributed by atoms with Crippen LogP contribution < -0.4 is 0 Å². The van der Waals surface area contributed by atoms with Gasteiger partial charge in [-0.05, 0) is 25.7 Å². The van der Waals surface area contributed by atoms with Crippen LogP contribution in [0, 0.1) is 0 Å². The summed E-state index contributed by atoms with van der Waals surface area (Å²) in [6.07, 6.45) is 13.9. The molecular weight excluding hydrogens is 814 g/mol. The Balaban J connectivity index is 4.99. The lowest BCUT2D eigenvalue weighted by molar-refractivity contribution is -0.161. The summed E-state index contributed by atoms with van der Waals surface area (Å²) in [7, 11) is -9.79. The molecule has 0 aliphatic carbocycles. The third-order valence-corrected chi connectivity index (χ3v) is 10.8. The van der Waals surface area contributed by atoms with Crippen molar-refractivity contribution in [3.8, 4) is 0 Å². The fourth-order valence-corrected chi connectivity index (χ4v) is 6.95. The molecule has 59 heavy (non-hydrogen) atoms. The van der Waals surface area contributed by atoms with Gasteiger partial charge in [-0.15, -0.1) is 0 Å². The number of ether oxygens (including phenoxy) is 4. The van der Waals surface area contributed by atoms with Gasteiger partial charge in [0.2, 0.25) is 0 Å². The highest BCUT2D eigenvalue weighted by Crippen LogP contribution is 2.45. The number of rotatable bonds is 41. The zero-order chi connectivity index (χ0) is 44.2. The summed E-state index contributed by atoms with van der Waals surface area (Å²) in [6, 6.07) is 0. The van der Waals surface area contributed by atoms with Gasteiger partial charge in [-0.1, -0.05) is 124 Å². The number of unbranched alkanes of at least 4 members (excludes halogenated alkanes) is 15. The molecule has 0 aliphatic heterocycles. The summed E-state index contributed by atoms with van der Waals surface area (Å²) in [5.41, 5.74) is 0. The molecule has 17 nitrogen and oxygen atoms in total. The van der Waals surface area contributed by atoms with E-state index in [1.165, 1.54) is 19.3 Å². The fraction of sp³-hybridized carbons (Fsp3) is 0.900. The van der Waals surface area contributed by atoms with Crippen molar-refractivity contribution in [2.45, 2.75) is 194 Å². The Morgan fingerprint density at radius 1 is 0.407 bits per heavy atom. The largest absolute Gasteiger partial charge is 0.472 e. The molecule has 0 spiro atoms. The van der Waals surface area contributed by atoms with Crippen molar-refractivity contribution in [3.05, 3.63) is 0 Å². The van der Waals surface area contributed by atoms with Crippen LogP contribution in [0.4, 0.5) is 0 Å². The Morgan fingerprint density at radius 3 is 1.07 bits per heavy atom. The zero-order valence-electron chi connectivity index (χ0n) is 36.2. The van der Waals surface area contributed by atoms with Crippen LogP contribution in [0.2, 0.25) is 0 Å². The van der Waals surface area contributed by atoms with Crippen LogP contribution in [-0.4, -0.2) is 96.7 Å². The first-order valence-corrected chi connectivity index (χ1v) is 24.8. The second kappa shape index (κ2) is 36.7. The number of aliphatic hydroxyl groups excluding tert-OH is 1. The molecular formula is C40H76O17P2. The van der Waals surface area contributed by atoms with Crippen molar-refractivity contribution < 1.29 is 80.2 Å². The summed E-state index contributed by atoms with van der Waals surface area (Å²) in [5.74, 6) is -2.24. The quantitative estimate of drug-likeness (QED) is 0.0225. The summed E-state index contributed by atoms with van der Waals surface area (Å²) >= 11 is 0. The second-order valence-corrected chi connectivity index (χ2v) is 17.6. The van der Waals surface area contributed by atoms with Crippen molar-refractivity contribution in [2.75, 3.05) is 39.6 Å². The number of carbonyl (C=O) groups excluding carboxylic acids is 4. The van der Waals surface area contributed by atoms with Gasteiger partial charge in [0.05, 0.1) is 26.4 Å². The van der Waals surface area contributed by atoms with E-state index in [1.807, 2.05) is 13.8 Å². The number of hydrogen-bond acceptors (Lipinski definition) is 15. The summed E-state index contributed by atoms with van der Waals surface area (Å²) < 4.78 is 65.8. The third-order valence-electron chi connectivity index (χ3n) is 8.85. The minimum absolute atomic E-state index is 0.0781. The van der Waals surface area contributed by atoms with E-state index in [-0.39, 0.29) is 25.7 Å². The van der Waals surface area contributed by atoms with Crippen LogP contribution in [0.3, 0.4) is 0 Å². The van der Waals surface area contributed by atoms with Crippen LogP contribution in [0.1, 0.15) is 175 Å². The Morgan fingerprint density at radius 2 is 0.695 bits per heavy atom. The van der Waals surface area contributed by atoms with Crippen molar-refractivity contribution in [3.63, 3.8) is 0 Å². The van der Waals surface area contributed by atoms with E-state index in [2.05, 4.69) is 13.8 Å². The van der Waals surface area contributed by atoms with E-state index < -0.39 is 97.5 Å². The maximum Gasteiger partial charge on any atom is 0.472 e. The molecule has 0 aliphatic rings. The maximum atomic E-state index is 12.6. The molecule has 0 saturated heterocycles. The Labute approximate surface area is 352 Å². The number of carbonyl (C=O) groups is 4. The molecule has 0 amide bonds. The average Bonchev–Trinajstić information content (AvgIpc) is 3.20. The lowest BCUT2D eigenvalue weighted by atomic mass is 10.1. The molecule has 348 valence electrons. The van der Waals surface area contributed by atoms with Gasteiger partial charge in [-0.3, -0.25) is 37.3 Å².